The molecule has 0 radical (unpaired) electrons. The SMILES string of the molecule is CN(CCC(=O)Nc1cccc(Cl)c1)C1CCCNCC1.Cl. The highest BCUT2D eigenvalue weighted by Gasteiger charge is 2.17. The average molecular weight is 346 g/mol. The number of hydrogen-bond donors (Lipinski definition) is 2. The first kappa shape index (κ1) is 19.2. The molecule has 0 aliphatic carbocycles. The van der Waals surface area contributed by atoms with Crippen LogP contribution in [0.5, 0.6) is 0 Å². The molecule has 0 aromatic heterocycles. The molecule has 1 aliphatic rings. The Morgan fingerprint density at radius 3 is 3.00 bits per heavy atom. The number of benzene rings is 1. The lowest BCUT2D eigenvalue weighted by molar-refractivity contribution is -0.116. The molecule has 1 unspecified atom stereocenters. The van der Waals surface area contributed by atoms with Gasteiger partial charge in [0.25, 0.3) is 0 Å². The molecule has 6 heteroatoms. The molecule has 0 saturated carbocycles. The van der Waals surface area contributed by atoms with Gasteiger partial charge in [-0.1, -0.05) is 17.7 Å². The third-order valence-corrected chi connectivity index (χ3v) is 4.20. The first-order valence-corrected chi connectivity index (χ1v) is 7.99. The minimum Gasteiger partial charge on any atom is -0.326 e. The number of halogens is 2. The fourth-order valence-corrected chi connectivity index (χ4v) is 2.88. The number of amides is 1. The molecule has 1 saturated heterocycles. The van der Waals surface area contributed by atoms with E-state index in [0.29, 0.717) is 17.5 Å². The van der Waals surface area contributed by atoms with Crippen LogP contribution in [-0.2, 0) is 4.79 Å². The van der Waals surface area contributed by atoms with Gasteiger partial charge in [-0.15, -0.1) is 12.4 Å². The predicted molar refractivity (Wildman–Crippen MR) is 95.1 cm³/mol. The molecule has 1 aromatic rings. The van der Waals surface area contributed by atoms with Gasteiger partial charge in [-0.05, 0) is 57.6 Å². The van der Waals surface area contributed by atoms with Crippen molar-refractivity contribution in [1.29, 1.82) is 0 Å². The smallest absolute Gasteiger partial charge is 0.225 e. The zero-order valence-corrected chi connectivity index (χ0v) is 14.6. The van der Waals surface area contributed by atoms with Gasteiger partial charge < -0.3 is 15.5 Å². The van der Waals surface area contributed by atoms with Crippen LogP contribution in [0.2, 0.25) is 5.02 Å². The third kappa shape index (κ3) is 6.53. The summed E-state index contributed by atoms with van der Waals surface area (Å²) < 4.78 is 0. The molecule has 2 N–H and O–H groups in total. The molecule has 0 bridgehead atoms. The van der Waals surface area contributed by atoms with Crippen molar-refractivity contribution >= 4 is 35.6 Å². The summed E-state index contributed by atoms with van der Waals surface area (Å²) in [6.45, 7) is 2.97. The molecule has 1 heterocycles. The lowest BCUT2D eigenvalue weighted by atomic mass is 10.1. The summed E-state index contributed by atoms with van der Waals surface area (Å²) in [7, 11) is 2.11. The van der Waals surface area contributed by atoms with E-state index in [9.17, 15) is 4.79 Å². The van der Waals surface area contributed by atoms with E-state index in [0.717, 1.165) is 31.7 Å². The van der Waals surface area contributed by atoms with Gasteiger partial charge in [0, 0.05) is 29.7 Å². The van der Waals surface area contributed by atoms with Gasteiger partial charge in [-0.25, -0.2) is 0 Å². The summed E-state index contributed by atoms with van der Waals surface area (Å²) in [4.78, 5) is 14.3. The van der Waals surface area contributed by atoms with E-state index < -0.39 is 0 Å². The van der Waals surface area contributed by atoms with Crippen LogP contribution in [0.3, 0.4) is 0 Å². The molecule has 1 aliphatic heterocycles. The quantitative estimate of drug-likeness (QED) is 0.861. The molecular formula is C16H25Cl2N3O. The first-order chi connectivity index (χ1) is 10.1. The van der Waals surface area contributed by atoms with Gasteiger partial charge in [0.05, 0.1) is 0 Å². The van der Waals surface area contributed by atoms with Gasteiger partial charge in [-0.3, -0.25) is 4.79 Å². The third-order valence-electron chi connectivity index (χ3n) is 3.97. The summed E-state index contributed by atoms with van der Waals surface area (Å²) in [5, 5.41) is 6.94. The summed E-state index contributed by atoms with van der Waals surface area (Å²) in [6.07, 6.45) is 4.09. The Kier molecular flexibility index (Phi) is 8.79. The lowest BCUT2D eigenvalue weighted by Crippen LogP contribution is -2.34. The largest absolute Gasteiger partial charge is 0.326 e. The van der Waals surface area contributed by atoms with Crippen molar-refractivity contribution in [1.82, 2.24) is 10.2 Å². The number of anilines is 1. The summed E-state index contributed by atoms with van der Waals surface area (Å²) in [5.74, 6) is 0.0378. The Morgan fingerprint density at radius 1 is 1.41 bits per heavy atom. The lowest BCUT2D eigenvalue weighted by Gasteiger charge is -2.26. The summed E-state index contributed by atoms with van der Waals surface area (Å²) in [6, 6.07) is 7.83. The maximum atomic E-state index is 12.0. The first-order valence-electron chi connectivity index (χ1n) is 7.61. The number of carbonyl (C=O) groups excluding carboxylic acids is 1. The van der Waals surface area contributed by atoms with Gasteiger partial charge in [0.15, 0.2) is 0 Å². The second kappa shape index (κ2) is 10.1. The number of nitrogens with zero attached hydrogens (tertiary/aromatic N) is 1. The molecule has 1 aromatic carbocycles. The van der Waals surface area contributed by atoms with Crippen molar-refractivity contribution in [3.63, 3.8) is 0 Å². The maximum absolute atomic E-state index is 12.0. The highest BCUT2D eigenvalue weighted by Crippen LogP contribution is 2.15. The van der Waals surface area contributed by atoms with Crippen molar-refractivity contribution in [2.24, 2.45) is 0 Å². The van der Waals surface area contributed by atoms with Crippen LogP contribution in [0.25, 0.3) is 0 Å². The van der Waals surface area contributed by atoms with Gasteiger partial charge in [-0.2, -0.15) is 0 Å². The van der Waals surface area contributed by atoms with E-state index >= 15 is 0 Å². The van der Waals surface area contributed by atoms with E-state index in [1.165, 1.54) is 12.8 Å². The molecule has 22 heavy (non-hydrogen) atoms. The van der Waals surface area contributed by atoms with Crippen molar-refractivity contribution in [3.05, 3.63) is 29.3 Å². The molecule has 124 valence electrons. The maximum Gasteiger partial charge on any atom is 0.225 e. The van der Waals surface area contributed by atoms with Gasteiger partial charge in [0.1, 0.15) is 0 Å². The minimum atomic E-state index is 0. The van der Waals surface area contributed by atoms with Crippen LogP contribution in [0.1, 0.15) is 25.7 Å². The summed E-state index contributed by atoms with van der Waals surface area (Å²) >= 11 is 5.91. The molecule has 0 spiro atoms. The predicted octanol–water partition coefficient (Wildman–Crippen LogP) is 3.16. The fourth-order valence-electron chi connectivity index (χ4n) is 2.69. The van der Waals surface area contributed by atoms with Crippen LogP contribution in [-0.4, -0.2) is 43.5 Å². The fraction of sp³-hybridized carbons (Fsp3) is 0.562. The Morgan fingerprint density at radius 2 is 2.23 bits per heavy atom. The minimum absolute atomic E-state index is 0. The van der Waals surface area contributed by atoms with Crippen LogP contribution >= 0.6 is 24.0 Å². The summed E-state index contributed by atoms with van der Waals surface area (Å²) in [5.41, 5.74) is 0.758. The van der Waals surface area contributed by atoms with Crippen molar-refractivity contribution < 1.29 is 4.79 Å². The topological polar surface area (TPSA) is 44.4 Å². The van der Waals surface area contributed by atoms with Gasteiger partial charge in [0.2, 0.25) is 5.91 Å². The Labute approximate surface area is 144 Å². The van der Waals surface area contributed by atoms with E-state index in [1.54, 1.807) is 12.1 Å². The normalized spacial score (nSPS) is 18.4. The van der Waals surface area contributed by atoms with E-state index in [-0.39, 0.29) is 18.3 Å². The monoisotopic (exact) mass is 345 g/mol. The Hall–Kier alpha value is -0.810. The highest BCUT2D eigenvalue weighted by atomic mass is 35.5. The average Bonchev–Trinajstić information content (AvgIpc) is 2.74. The number of rotatable bonds is 5. The molecule has 4 nitrogen and oxygen atoms in total. The van der Waals surface area contributed by atoms with E-state index in [4.69, 9.17) is 11.6 Å². The molecule has 1 fully saturated rings. The molecular weight excluding hydrogens is 321 g/mol. The standard InChI is InChI=1S/C16H24ClN3O.ClH/c1-20(15-6-3-9-18-10-7-15)11-8-16(21)19-14-5-2-4-13(17)12-14;/h2,4-5,12,15,18H,3,6-11H2,1H3,(H,19,21);1H. The van der Waals surface area contributed by atoms with E-state index in [2.05, 4.69) is 22.6 Å². The van der Waals surface area contributed by atoms with Crippen LogP contribution < -0.4 is 10.6 Å². The second-order valence-corrected chi connectivity index (χ2v) is 6.06. The van der Waals surface area contributed by atoms with Crippen molar-refractivity contribution in [3.8, 4) is 0 Å². The second-order valence-electron chi connectivity index (χ2n) is 5.62. The van der Waals surface area contributed by atoms with Crippen molar-refractivity contribution in [2.45, 2.75) is 31.7 Å². The van der Waals surface area contributed by atoms with E-state index in [1.807, 2.05) is 12.1 Å². The van der Waals surface area contributed by atoms with Crippen molar-refractivity contribution in [2.75, 3.05) is 32.0 Å². The van der Waals surface area contributed by atoms with Crippen LogP contribution in [0, 0.1) is 0 Å². The van der Waals surface area contributed by atoms with Crippen LogP contribution in [0.15, 0.2) is 24.3 Å². The number of nitrogens with one attached hydrogen (secondary N) is 2. The highest BCUT2D eigenvalue weighted by molar-refractivity contribution is 6.30. The van der Waals surface area contributed by atoms with Crippen LogP contribution in [0.4, 0.5) is 5.69 Å². The zero-order chi connectivity index (χ0) is 15.1. The number of hydrogen-bond acceptors (Lipinski definition) is 3. The molecule has 2 rings (SSSR count). The van der Waals surface area contributed by atoms with Gasteiger partial charge >= 0.3 is 0 Å². The Bertz CT molecular complexity index is 462. The number of carbonyl (C=O) groups is 1. The Balaban J connectivity index is 0.00000242. The molecule has 1 amide bonds. The molecule has 1 atom stereocenters. The zero-order valence-electron chi connectivity index (χ0n) is 13.0.